The van der Waals surface area contributed by atoms with E-state index in [0.717, 1.165) is 16.8 Å². The number of hydrogen-bond acceptors (Lipinski definition) is 6. The van der Waals surface area contributed by atoms with Crippen molar-refractivity contribution in [3.8, 4) is 12.3 Å². The van der Waals surface area contributed by atoms with Crippen LogP contribution in [-0.4, -0.2) is 38.2 Å². The Morgan fingerprint density at radius 2 is 2.38 bits per heavy atom. The maximum Gasteiger partial charge on any atom is 0.330 e. The van der Waals surface area contributed by atoms with Crippen LogP contribution in [0.15, 0.2) is 27.0 Å². The molecule has 2 rings (SSSR count). The van der Waals surface area contributed by atoms with Gasteiger partial charge in [-0.25, -0.2) is 4.79 Å². The van der Waals surface area contributed by atoms with Crippen molar-refractivity contribution in [2.45, 2.75) is 18.1 Å². The lowest BCUT2D eigenvalue weighted by atomic mass is 9.97. The summed E-state index contributed by atoms with van der Waals surface area (Å²) in [6.45, 7) is -0.828. The van der Waals surface area contributed by atoms with Crippen molar-refractivity contribution in [3.05, 3.63) is 43.5 Å². The average molecular weight is 293 g/mol. The number of H-pyrrole nitrogens is 1. The first-order chi connectivity index (χ1) is 9.99. The Kier molecular flexibility index (Phi) is 3.84. The second kappa shape index (κ2) is 5.43. The predicted molar refractivity (Wildman–Crippen MR) is 68.7 cm³/mol. The first kappa shape index (κ1) is 14.8. The van der Waals surface area contributed by atoms with Gasteiger partial charge in [0.15, 0.2) is 12.0 Å². The van der Waals surface area contributed by atoms with E-state index in [1.807, 2.05) is 4.98 Å². The first-order valence-electron chi connectivity index (χ1n) is 5.79. The second-order valence-electron chi connectivity index (χ2n) is 4.36. The fourth-order valence-corrected chi connectivity index (χ4v) is 2.14. The number of aromatic amines is 1. The molecule has 0 aromatic carbocycles. The number of hydrogen-bond donors (Lipinski definition) is 3. The molecule has 1 fully saturated rings. The normalized spacial score (nSPS) is 31.4. The molecule has 110 valence electrons. The number of nitrogens with one attached hydrogen (secondary N) is 1. The maximum absolute atomic E-state index is 11.8. The summed E-state index contributed by atoms with van der Waals surface area (Å²) in [5.74, 6) is 1.17. The Morgan fingerprint density at radius 1 is 1.67 bits per heavy atom. The molecule has 1 aromatic rings. The van der Waals surface area contributed by atoms with E-state index in [-0.39, 0.29) is 0 Å². The van der Waals surface area contributed by atoms with Crippen LogP contribution in [-0.2, 0) is 4.74 Å². The van der Waals surface area contributed by atoms with Crippen LogP contribution in [0.5, 0.6) is 0 Å². The van der Waals surface area contributed by atoms with E-state index in [4.69, 9.17) is 16.7 Å². The van der Waals surface area contributed by atoms with Gasteiger partial charge in [0.05, 0.1) is 12.5 Å². The lowest BCUT2D eigenvalue weighted by Gasteiger charge is -2.23. The quantitative estimate of drug-likeness (QED) is 0.273. The molecule has 21 heavy (non-hydrogen) atoms. The first-order valence-corrected chi connectivity index (χ1v) is 5.79. The Labute approximate surface area is 117 Å². The van der Waals surface area contributed by atoms with Crippen LogP contribution in [0.2, 0.25) is 0 Å². The Bertz CT molecular complexity index is 742. The summed E-state index contributed by atoms with van der Waals surface area (Å²) in [6.07, 6.45) is 3.72. The largest absolute Gasteiger partial charge is 0.393 e. The van der Waals surface area contributed by atoms with Crippen molar-refractivity contribution >= 4 is 0 Å². The molecule has 1 aliphatic heterocycles. The summed E-state index contributed by atoms with van der Waals surface area (Å²) in [7, 11) is 0. The second-order valence-corrected chi connectivity index (χ2v) is 4.36. The molecule has 1 aliphatic rings. The topological polar surface area (TPSA) is 153 Å². The van der Waals surface area contributed by atoms with Gasteiger partial charge in [0, 0.05) is 17.2 Å². The van der Waals surface area contributed by atoms with E-state index in [9.17, 15) is 19.8 Å². The van der Waals surface area contributed by atoms with Crippen LogP contribution in [0, 0.1) is 18.3 Å². The van der Waals surface area contributed by atoms with Crippen molar-refractivity contribution in [1.29, 1.82) is 0 Å². The van der Waals surface area contributed by atoms with Crippen LogP contribution in [0.4, 0.5) is 0 Å². The SMILES string of the molecule is C#C[C@H]1[C@H](n2ccc(=O)[nH]c2=O)O[C@@](CO)(N=[N+]=[N-])[C@H]1O. The van der Waals surface area contributed by atoms with E-state index < -0.39 is 41.8 Å². The smallest absolute Gasteiger partial charge is 0.330 e. The molecule has 4 atom stereocenters. The van der Waals surface area contributed by atoms with Gasteiger partial charge < -0.3 is 14.9 Å². The number of nitrogens with zero attached hydrogens (tertiary/aromatic N) is 4. The summed E-state index contributed by atoms with van der Waals surface area (Å²) in [6, 6.07) is 1.07. The van der Waals surface area contributed by atoms with Gasteiger partial charge in [-0.2, -0.15) is 0 Å². The van der Waals surface area contributed by atoms with Gasteiger partial charge in [0.1, 0.15) is 6.10 Å². The number of aliphatic hydroxyl groups excluding tert-OH is 2. The van der Waals surface area contributed by atoms with Gasteiger partial charge in [-0.15, -0.1) is 6.42 Å². The van der Waals surface area contributed by atoms with Crippen LogP contribution < -0.4 is 11.2 Å². The molecule has 0 spiro atoms. The van der Waals surface area contributed by atoms with Gasteiger partial charge in [0.25, 0.3) is 5.56 Å². The number of rotatable bonds is 3. The molecule has 0 aliphatic carbocycles. The summed E-state index contributed by atoms with van der Waals surface area (Å²) in [5, 5.41) is 22.7. The molecule has 0 unspecified atom stereocenters. The summed E-state index contributed by atoms with van der Waals surface area (Å²) in [4.78, 5) is 27.3. The maximum atomic E-state index is 11.8. The van der Waals surface area contributed by atoms with E-state index in [2.05, 4.69) is 15.9 Å². The van der Waals surface area contributed by atoms with Crippen molar-refractivity contribution in [1.82, 2.24) is 9.55 Å². The molecule has 0 bridgehead atoms. The molecule has 1 aromatic heterocycles. The molecular formula is C11H11N5O5. The van der Waals surface area contributed by atoms with E-state index >= 15 is 0 Å². The van der Waals surface area contributed by atoms with Gasteiger partial charge in [0.2, 0.25) is 0 Å². The highest BCUT2D eigenvalue weighted by Gasteiger charge is 2.54. The third-order valence-electron chi connectivity index (χ3n) is 3.19. The van der Waals surface area contributed by atoms with Gasteiger partial charge in [-0.1, -0.05) is 11.0 Å². The lowest BCUT2D eigenvalue weighted by molar-refractivity contribution is -0.124. The summed E-state index contributed by atoms with van der Waals surface area (Å²) >= 11 is 0. The van der Waals surface area contributed by atoms with Crippen molar-refractivity contribution in [3.63, 3.8) is 0 Å². The molecule has 3 N–H and O–H groups in total. The highest BCUT2D eigenvalue weighted by molar-refractivity contribution is 5.11. The molecule has 0 saturated carbocycles. The van der Waals surface area contributed by atoms with Crippen molar-refractivity contribution in [2.75, 3.05) is 6.61 Å². The number of aromatic nitrogens is 2. The Balaban J connectivity index is 2.54. The lowest BCUT2D eigenvalue weighted by Crippen LogP contribution is -2.42. The molecule has 1 saturated heterocycles. The zero-order valence-electron chi connectivity index (χ0n) is 10.6. The predicted octanol–water partition coefficient (Wildman–Crippen LogP) is -1.33. The number of aliphatic hydroxyl groups is 2. The molecule has 0 amide bonds. The Hall–Kier alpha value is -2.57. The number of terminal acetylenes is 1. The molecule has 10 nitrogen and oxygen atoms in total. The number of azide groups is 1. The minimum Gasteiger partial charge on any atom is -0.393 e. The highest BCUT2D eigenvalue weighted by Crippen LogP contribution is 2.41. The van der Waals surface area contributed by atoms with Gasteiger partial charge >= 0.3 is 5.69 Å². The summed E-state index contributed by atoms with van der Waals surface area (Å²) < 4.78 is 6.28. The molecule has 2 heterocycles. The van der Waals surface area contributed by atoms with Gasteiger partial charge in [-0.3, -0.25) is 14.3 Å². The fourth-order valence-electron chi connectivity index (χ4n) is 2.14. The Morgan fingerprint density at radius 3 is 2.90 bits per heavy atom. The van der Waals surface area contributed by atoms with Crippen LogP contribution in [0.3, 0.4) is 0 Å². The zero-order chi connectivity index (χ0) is 15.6. The monoisotopic (exact) mass is 293 g/mol. The van der Waals surface area contributed by atoms with Crippen LogP contribution >= 0.6 is 0 Å². The van der Waals surface area contributed by atoms with E-state index in [1.54, 1.807) is 0 Å². The number of ether oxygens (including phenoxy) is 1. The third kappa shape index (κ3) is 2.31. The molecular weight excluding hydrogens is 282 g/mol. The minimum atomic E-state index is -1.99. The van der Waals surface area contributed by atoms with Crippen molar-refractivity contribution < 1.29 is 14.9 Å². The van der Waals surface area contributed by atoms with E-state index in [1.165, 1.54) is 0 Å². The van der Waals surface area contributed by atoms with E-state index in [0.29, 0.717) is 0 Å². The molecule has 0 radical (unpaired) electrons. The van der Waals surface area contributed by atoms with Crippen molar-refractivity contribution in [2.24, 2.45) is 11.0 Å². The zero-order valence-corrected chi connectivity index (χ0v) is 10.6. The third-order valence-corrected chi connectivity index (χ3v) is 3.19. The standard InChI is InChI=1S/C11H11N5O5/c1-2-6-8(19)11(5-17,14-15-12)21-9(6)16-4-3-7(18)13-10(16)20/h1,3-4,6,8-9,17,19H,5H2,(H,13,18,20)/t6-,8+,9-,11-/m1/s1. The highest BCUT2D eigenvalue weighted by atomic mass is 16.6. The fraction of sp³-hybridized carbons (Fsp3) is 0.455. The minimum absolute atomic E-state index is 0.615. The van der Waals surface area contributed by atoms with Crippen LogP contribution in [0.1, 0.15) is 6.23 Å². The summed E-state index contributed by atoms with van der Waals surface area (Å²) in [5.41, 5.74) is 5.12. The average Bonchev–Trinajstić information content (AvgIpc) is 2.72. The van der Waals surface area contributed by atoms with Crippen LogP contribution in [0.25, 0.3) is 10.4 Å². The molecule has 10 heteroatoms. The van der Waals surface area contributed by atoms with Gasteiger partial charge in [-0.05, 0) is 5.53 Å².